The van der Waals surface area contributed by atoms with Crippen LogP contribution in [0.3, 0.4) is 0 Å². The highest BCUT2D eigenvalue weighted by Gasteiger charge is 2.43. The summed E-state index contributed by atoms with van der Waals surface area (Å²) >= 11 is 6.17. The van der Waals surface area contributed by atoms with Crippen LogP contribution in [0.4, 0.5) is 18.9 Å². The van der Waals surface area contributed by atoms with Gasteiger partial charge in [-0.05, 0) is 43.2 Å². The summed E-state index contributed by atoms with van der Waals surface area (Å²) in [7, 11) is -3.91. The first kappa shape index (κ1) is 24.8. The summed E-state index contributed by atoms with van der Waals surface area (Å²) in [5.74, 6) is -2.29. The molecule has 2 aromatic carbocycles. The Hall–Kier alpha value is -2.30. The molecule has 0 unspecified atom stereocenters. The lowest BCUT2D eigenvalue weighted by Crippen LogP contribution is -2.48. The van der Waals surface area contributed by atoms with E-state index < -0.39 is 34.6 Å². The molecule has 184 valence electrons. The number of piperidine rings is 1. The van der Waals surface area contributed by atoms with Gasteiger partial charge in [-0.25, -0.2) is 8.42 Å². The Morgan fingerprint density at radius 1 is 0.971 bits per heavy atom. The molecular formula is C23H25ClF3N3O3S. The van der Waals surface area contributed by atoms with Crippen molar-refractivity contribution in [3.63, 3.8) is 0 Å². The van der Waals surface area contributed by atoms with Gasteiger partial charge in [0.15, 0.2) is 0 Å². The Morgan fingerprint density at radius 3 is 2.29 bits per heavy atom. The molecule has 11 heteroatoms. The van der Waals surface area contributed by atoms with Crippen molar-refractivity contribution in [1.29, 1.82) is 0 Å². The van der Waals surface area contributed by atoms with E-state index in [1.165, 1.54) is 22.5 Å². The number of hydrogen-bond donors (Lipinski definition) is 0. The Kier molecular flexibility index (Phi) is 7.12. The highest BCUT2D eigenvalue weighted by molar-refractivity contribution is 7.89. The maximum atomic E-state index is 13.3. The minimum atomic E-state index is -4.39. The van der Waals surface area contributed by atoms with Gasteiger partial charge in [-0.3, -0.25) is 4.79 Å². The van der Waals surface area contributed by atoms with Gasteiger partial charge in [0.25, 0.3) is 5.91 Å². The Bertz CT molecular complexity index is 1140. The molecule has 0 saturated carbocycles. The number of hydrogen-bond acceptors (Lipinski definition) is 4. The summed E-state index contributed by atoms with van der Waals surface area (Å²) in [6, 6.07) is 13.5. The molecule has 0 spiro atoms. The van der Waals surface area contributed by atoms with E-state index in [0.717, 1.165) is 10.6 Å². The van der Waals surface area contributed by atoms with Gasteiger partial charge in [0.05, 0.1) is 21.4 Å². The zero-order valence-electron chi connectivity index (χ0n) is 18.3. The number of halogens is 4. The summed E-state index contributed by atoms with van der Waals surface area (Å²) in [6.07, 6.45) is -4.21. The average Bonchev–Trinajstić information content (AvgIpc) is 2.84. The van der Waals surface area contributed by atoms with E-state index in [9.17, 15) is 26.4 Å². The molecule has 1 amide bonds. The van der Waals surface area contributed by atoms with Crippen LogP contribution in [-0.4, -0.2) is 69.0 Å². The summed E-state index contributed by atoms with van der Waals surface area (Å²) in [5, 5.41) is 0.00646. The van der Waals surface area contributed by atoms with Crippen molar-refractivity contribution in [3.8, 4) is 0 Å². The molecule has 0 bridgehead atoms. The number of likely N-dealkylation sites (tertiary alicyclic amines) is 1. The molecule has 6 nitrogen and oxygen atoms in total. The van der Waals surface area contributed by atoms with Crippen LogP contribution >= 0.6 is 11.6 Å². The van der Waals surface area contributed by atoms with Crippen LogP contribution in [0, 0.1) is 5.92 Å². The van der Waals surface area contributed by atoms with Crippen LogP contribution in [0.5, 0.6) is 0 Å². The first-order valence-corrected chi connectivity index (χ1v) is 12.8. The predicted molar refractivity (Wildman–Crippen MR) is 124 cm³/mol. The van der Waals surface area contributed by atoms with Gasteiger partial charge in [-0.15, -0.1) is 0 Å². The second-order valence-corrected chi connectivity index (χ2v) is 10.8. The lowest BCUT2D eigenvalue weighted by molar-refractivity contribution is -0.184. The van der Waals surface area contributed by atoms with Crippen molar-refractivity contribution in [1.82, 2.24) is 9.21 Å². The third-order valence-electron chi connectivity index (χ3n) is 6.34. The molecule has 2 saturated heterocycles. The van der Waals surface area contributed by atoms with Crippen molar-refractivity contribution < 1.29 is 26.4 Å². The van der Waals surface area contributed by atoms with Gasteiger partial charge in [0.1, 0.15) is 0 Å². The number of nitrogens with zero attached hydrogens (tertiary/aromatic N) is 3. The van der Waals surface area contributed by atoms with Gasteiger partial charge in [0, 0.05) is 45.0 Å². The number of alkyl halides is 3. The molecule has 0 aromatic heterocycles. The van der Waals surface area contributed by atoms with E-state index in [4.69, 9.17) is 11.6 Å². The third kappa shape index (κ3) is 5.18. The van der Waals surface area contributed by atoms with Crippen molar-refractivity contribution in [2.45, 2.75) is 23.9 Å². The van der Waals surface area contributed by atoms with E-state index in [1.807, 2.05) is 30.3 Å². The van der Waals surface area contributed by atoms with Crippen molar-refractivity contribution >= 4 is 33.2 Å². The summed E-state index contributed by atoms with van der Waals surface area (Å²) in [4.78, 5) is 16.1. The van der Waals surface area contributed by atoms with Crippen LogP contribution < -0.4 is 4.90 Å². The number of anilines is 1. The lowest BCUT2D eigenvalue weighted by atomic mass is 9.97. The molecule has 1 atom stereocenters. The second-order valence-electron chi connectivity index (χ2n) is 8.50. The van der Waals surface area contributed by atoms with Gasteiger partial charge in [-0.1, -0.05) is 29.8 Å². The average molecular weight is 516 g/mol. The SMILES string of the molecule is O=C(c1cc(S(=O)(=O)N2CCN(c3ccccc3)CC2)ccc1Cl)N1CCC[C@@H](C(F)(F)F)C1. The zero-order valence-corrected chi connectivity index (χ0v) is 19.9. The largest absolute Gasteiger partial charge is 0.393 e. The van der Waals surface area contributed by atoms with Crippen molar-refractivity contribution in [2.24, 2.45) is 5.92 Å². The number of piperazine rings is 1. The molecule has 2 aromatic rings. The second kappa shape index (κ2) is 9.75. The molecule has 0 aliphatic carbocycles. The fourth-order valence-corrected chi connectivity index (χ4v) is 6.05. The Balaban J connectivity index is 1.50. The number of amides is 1. The number of rotatable bonds is 4. The molecule has 2 aliphatic rings. The predicted octanol–water partition coefficient (Wildman–Crippen LogP) is 4.27. The van der Waals surface area contributed by atoms with E-state index in [1.54, 1.807) is 0 Å². The standard InChI is InChI=1S/C23H25ClF3N3O3S/c24-21-9-8-19(15-20(21)22(31)29-10-4-5-17(16-29)23(25,26)27)34(32,33)30-13-11-28(12-14-30)18-6-2-1-3-7-18/h1-3,6-9,15,17H,4-5,10-14,16H2/t17-/m1/s1. The third-order valence-corrected chi connectivity index (χ3v) is 8.56. The summed E-state index contributed by atoms with van der Waals surface area (Å²) < 4.78 is 67.4. The van der Waals surface area contributed by atoms with Gasteiger partial charge in [0.2, 0.25) is 10.0 Å². The Morgan fingerprint density at radius 2 is 1.65 bits per heavy atom. The molecule has 34 heavy (non-hydrogen) atoms. The normalized spacial score (nSPS) is 20.4. The molecule has 4 rings (SSSR count). The highest BCUT2D eigenvalue weighted by atomic mass is 35.5. The van der Waals surface area contributed by atoms with E-state index >= 15 is 0 Å². The summed E-state index contributed by atoms with van der Waals surface area (Å²) in [5.41, 5.74) is 0.908. The van der Waals surface area contributed by atoms with Gasteiger partial charge < -0.3 is 9.80 Å². The molecule has 0 N–H and O–H groups in total. The number of benzene rings is 2. The minimum Gasteiger partial charge on any atom is -0.369 e. The number of para-hydroxylation sites is 1. The maximum Gasteiger partial charge on any atom is 0.393 e. The summed E-state index contributed by atoms with van der Waals surface area (Å²) in [6.45, 7) is 1.26. The lowest BCUT2D eigenvalue weighted by Gasteiger charge is -2.35. The van der Waals surface area contributed by atoms with E-state index in [0.29, 0.717) is 13.1 Å². The van der Waals surface area contributed by atoms with Gasteiger partial charge in [-0.2, -0.15) is 17.5 Å². The topological polar surface area (TPSA) is 60.9 Å². The fourth-order valence-electron chi connectivity index (χ4n) is 4.40. The van der Waals surface area contributed by atoms with Crippen LogP contribution in [0.15, 0.2) is 53.4 Å². The van der Waals surface area contributed by atoms with Crippen LogP contribution in [-0.2, 0) is 10.0 Å². The molecule has 0 radical (unpaired) electrons. The maximum absolute atomic E-state index is 13.3. The Labute approximate surface area is 201 Å². The van der Waals surface area contributed by atoms with E-state index in [-0.39, 0.29) is 48.0 Å². The molecule has 2 aliphatic heterocycles. The van der Waals surface area contributed by atoms with Crippen LogP contribution in [0.1, 0.15) is 23.2 Å². The van der Waals surface area contributed by atoms with Crippen LogP contribution in [0.2, 0.25) is 5.02 Å². The highest BCUT2D eigenvalue weighted by Crippen LogP contribution is 2.34. The first-order chi connectivity index (χ1) is 16.1. The monoisotopic (exact) mass is 515 g/mol. The van der Waals surface area contributed by atoms with Crippen molar-refractivity contribution in [3.05, 3.63) is 59.1 Å². The first-order valence-electron chi connectivity index (χ1n) is 11.0. The van der Waals surface area contributed by atoms with Crippen molar-refractivity contribution in [2.75, 3.05) is 44.2 Å². The number of carbonyl (C=O) groups excluding carboxylic acids is 1. The van der Waals surface area contributed by atoms with E-state index in [2.05, 4.69) is 4.90 Å². The van der Waals surface area contributed by atoms with Crippen LogP contribution in [0.25, 0.3) is 0 Å². The minimum absolute atomic E-state index is 0.00646. The smallest absolute Gasteiger partial charge is 0.369 e. The fraction of sp³-hybridized carbons (Fsp3) is 0.435. The molecule has 2 fully saturated rings. The zero-order chi connectivity index (χ0) is 24.5. The van der Waals surface area contributed by atoms with Gasteiger partial charge >= 0.3 is 6.18 Å². The molecular weight excluding hydrogens is 491 g/mol. The number of carbonyl (C=O) groups is 1. The molecule has 2 heterocycles. The quantitative estimate of drug-likeness (QED) is 0.610. The number of sulfonamides is 1.